The molecule has 72 valence electrons. The molecule has 1 N–H and O–H groups in total. The molecule has 1 fully saturated rings. The first-order valence-electron chi connectivity index (χ1n) is 4.97. The molecular formula is C10H16N2S. The van der Waals surface area contributed by atoms with E-state index >= 15 is 0 Å². The number of hydrogen-bond donors (Lipinski definition) is 1. The van der Waals surface area contributed by atoms with Crippen molar-refractivity contribution in [3.8, 4) is 0 Å². The van der Waals surface area contributed by atoms with Crippen LogP contribution >= 0.6 is 12.2 Å². The maximum atomic E-state index is 5.29. The molecule has 3 heteroatoms. The van der Waals surface area contributed by atoms with Gasteiger partial charge in [-0.3, -0.25) is 0 Å². The second kappa shape index (κ2) is 2.98. The second-order valence-electron chi connectivity index (χ2n) is 4.12. The summed E-state index contributed by atoms with van der Waals surface area (Å²) in [7, 11) is 0. The second-order valence-corrected chi connectivity index (χ2v) is 4.51. The van der Waals surface area contributed by atoms with Crippen molar-refractivity contribution in [2.75, 3.05) is 0 Å². The van der Waals surface area contributed by atoms with Crippen LogP contribution in [0.15, 0.2) is 6.20 Å². The van der Waals surface area contributed by atoms with Crippen molar-refractivity contribution in [1.82, 2.24) is 9.55 Å². The Morgan fingerprint density at radius 1 is 1.62 bits per heavy atom. The molecule has 0 radical (unpaired) electrons. The third-order valence-corrected chi connectivity index (χ3v) is 3.49. The van der Waals surface area contributed by atoms with E-state index in [-0.39, 0.29) is 0 Å². The molecule has 0 bridgehead atoms. The van der Waals surface area contributed by atoms with Crippen LogP contribution in [0.25, 0.3) is 0 Å². The number of aromatic nitrogens is 2. The third kappa shape index (κ3) is 1.26. The van der Waals surface area contributed by atoms with Gasteiger partial charge in [0.2, 0.25) is 0 Å². The maximum absolute atomic E-state index is 5.29. The van der Waals surface area contributed by atoms with Gasteiger partial charge in [-0.1, -0.05) is 6.92 Å². The van der Waals surface area contributed by atoms with Gasteiger partial charge in [-0.2, -0.15) is 0 Å². The van der Waals surface area contributed by atoms with Crippen molar-refractivity contribution >= 4 is 12.2 Å². The molecular weight excluding hydrogens is 180 g/mol. The number of aryl methyl sites for hydroxylation is 1. The Morgan fingerprint density at radius 3 is 2.77 bits per heavy atom. The molecule has 0 saturated heterocycles. The summed E-state index contributed by atoms with van der Waals surface area (Å²) in [5, 5.41) is 0. The van der Waals surface area contributed by atoms with E-state index in [9.17, 15) is 0 Å². The molecule has 1 aromatic heterocycles. The topological polar surface area (TPSA) is 20.7 Å². The maximum Gasteiger partial charge on any atom is 0.177 e. The van der Waals surface area contributed by atoms with Gasteiger partial charge >= 0.3 is 0 Å². The van der Waals surface area contributed by atoms with Crippen molar-refractivity contribution in [1.29, 1.82) is 0 Å². The van der Waals surface area contributed by atoms with Crippen LogP contribution in [0.2, 0.25) is 0 Å². The van der Waals surface area contributed by atoms with Crippen LogP contribution in [0.4, 0.5) is 0 Å². The highest BCUT2D eigenvalue weighted by Gasteiger charge is 2.35. The van der Waals surface area contributed by atoms with Crippen molar-refractivity contribution < 1.29 is 0 Å². The summed E-state index contributed by atoms with van der Waals surface area (Å²) in [6, 6.07) is 0. The van der Waals surface area contributed by atoms with Crippen LogP contribution in [0.1, 0.15) is 38.8 Å². The molecule has 0 unspecified atom stereocenters. The van der Waals surface area contributed by atoms with Crippen LogP contribution in [0.3, 0.4) is 0 Å². The summed E-state index contributed by atoms with van der Waals surface area (Å²) in [5.41, 5.74) is 1.65. The molecule has 1 aromatic rings. The molecule has 1 aliphatic rings. The summed E-state index contributed by atoms with van der Waals surface area (Å²) in [5.74, 6) is 0. The molecule has 0 amide bonds. The van der Waals surface area contributed by atoms with E-state index in [0.29, 0.717) is 5.54 Å². The van der Waals surface area contributed by atoms with Gasteiger partial charge in [0, 0.05) is 17.4 Å². The first-order chi connectivity index (χ1) is 6.17. The van der Waals surface area contributed by atoms with Gasteiger partial charge in [0.1, 0.15) is 0 Å². The van der Waals surface area contributed by atoms with Crippen molar-refractivity contribution in [2.24, 2.45) is 0 Å². The number of hydrogen-bond acceptors (Lipinski definition) is 1. The lowest BCUT2D eigenvalue weighted by atomic mass is 9.78. The lowest BCUT2D eigenvalue weighted by Gasteiger charge is -2.40. The molecule has 0 aliphatic heterocycles. The highest BCUT2D eigenvalue weighted by molar-refractivity contribution is 7.71. The monoisotopic (exact) mass is 196 g/mol. The Kier molecular flexibility index (Phi) is 2.06. The Labute approximate surface area is 84.0 Å². The summed E-state index contributed by atoms with van der Waals surface area (Å²) < 4.78 is 3.20. The van der Waals surface area contributed by atoms with Crippen LogP contribution in [0.5, 0.6) is 0 Å². The standard InChI is InChI=1S/C10H16N2S/c1-3-8-7-11-9(13)12(8)10(2)5-4-6-10/h7H,3-6H2,1-2H3,(H,11,13). The predicted octanol–water partition coefficient (Wildman–Crippen LogP) is 3.01. The van der Waals surface area contributed by atoms with E-state index in [1.165, 1.54) is 25.0 Å². The molecule has 0 aromatic carbocycles. The molecule has 0 atom stereocenters. The number of aromatic amines is 1. The van der Waals surface area contributed by atoms with Gasteiger partial charge in [-0.15, -0.1) is 0 Å². The van der Waals surface area contributed by atoms with Gasteiger partial charge in [0.15, 0.2) is 4.77 Å². The van der Waals surface area contributed by atoms with E-state index < -0.39 is 0 Å². The molecule has 2 rings (SSSR count). The van der Waals surface area contributed by atoms with Crippen LogP contribution < -0.4 is 0 Å². The van der Waals surface area contributed by atoms with E-state index in [0.717, 1.165) is 11.2 Å². The van der Waals surface area contributed by atoms with Gasteiger partial charge in [-0.05, 0) is 44.8 Å². The Bertz CT molecular complexity index is 357. The van der Waals surface area contributed by atoms with Crippen molar-refractivity contribution in [3.63, 3.8) is 0 Å². The fourth-order valence-corrected chi connectivity index (χ4v) is 2.57. The lowest BCUT2D eigenvalue weighted by molar-refractivity contribution is 0.162. The van der Waals surface area contributed by atoms with Gasteiger partial charge in [0.25, 0.3) is 0 Å². The molecule has 0 spiro atoms. The summed E-state index contributed by atoms with van der Waals surface area (Å²) in [4.78, 5) is 3.14. The smallest absolute Gasteiger partial charge is 0.177 e. The van der Waals surface area contributed by atoms with E-state index in [4.69, 9.17) is 12.2 Å². The SMILES string of the molecule is CCc1c[nH]c(=S)n1C1(C)CCC1. The first kappa shape index (κ1) is 9.00. The van der Waals surface area contributed by atoms with Crippen molar-refractivity contribution in [3.05, 3.63) is 16.7 Å². The number of nitrogens with one attached hydrogen (secondary N) is 1. The zero-order valence-corrected chi connectivity index (χ0v) is 9.08. The first-order valence-corrected chi connectivity index (χ1v) is 5.38. The quantitative estimate of drug-likeness (QED) is 0.721. The molecule has 13 heavy (non-hydrogen) atoms. The van der Waals surface area contributed by atoms with E-state index in [1.807, 2.05) is 6.20 Å². The predicted molar refractivity (Wildman–Crippen MR) is 56.5 cm³/mol. The highest BCUT2D eigenvalue weighted by Crippen LogP contribution is 2.39. The highest BCUT2D eigenvalue weighted by atomic mass is 32.1. The zero-order chi connectivity index (χ0) is 9.47. The number of H-pyrrole nitrogens is 1. The van der Waals surface area contributed by atoms with Crippen LogP contribution in [-0.4, -0.2) is 9.55 Å². The van der Waals surface area contributed by atoms with Gasteiger partial charge in [0.05, 0.1) is 0 Å². The average molecular weight is 196 g/mol. The van der Waals surface area contributed by atoms with Crippen LogP contribution in [-0.2, 0) is 12.0 Å². The van der Waals surface area contributed by atoms with Gasteiger partial charge < -0.3 is 9.55 Å². The molecule has 2 nitrogen and oxygen atoms in total. The minimum Gasteiger partial charge on any atom is -0.337 e. The average Bonchev–Trinajstić information content (AvgIpc) is 2.43. The number of nitrogens with zero attached hydrogens (tertiary/aromatic N) is 1. The normalized spacial score (nSPS) is 19.8. The lowest BCUT2D eigenvalue weighted by Crippen LogP contribution is -2.38. The Balaban J connectivity index is 2.48. The Morgan fingerprint density at radius 2 is 2.31 bits per heavy atom. The summed E-state index contributed by atoms with van der Waals surface area (Å²) in [6.07, 6.45) is 6.99. The molecule has 1 saturated carbocycles. The van der Waals surface area contributed by atoms with E-state index in [2.05, 4.69) is 23.4 Å². The fraction of sp³-hybridized carbons (Fsp3) is 0.700. The fourth-order valence-electron chi connectivity index (χ4n) is 2.17. The summed E-state index contributed by atoms with van der Waals surface area (Å²) >= 11 is 5.29. The molecule has 1 heterocycles. The van der Waals surface area contributed by atoms with Gasteiger partial charge in [-0.25, -0.2) is 0 Å². The zero-order valence-electron chi connectivity index (χ0n) is 8.26. The number of imidazole rings is 1. The third-order valence-electron chi connectivity index (χ3n) is 3.19. The number of rotatable bonds is 2. The molecule has 1 aliphatic carbocycles. The van der Waals surface area contributed by atoms with Crippen molar-refractivity contribution in [2.45, 2.75) is 45.1 Å². The largest absolute Gasteiger partial charge is 0.337 e. The van der Waals surface area contributed by atoms with E-state index in [1.54, 1.807) is 0 Å². The summed E-state index contributed by atoms with van der Waals surface area (Å²) in [6.45, 7) is 4.48. The minimum atomic E-state index is 0.308. The van der Waals surface area contributed by atoms with Crippen LogP contribution in [0, 0.1) is 4.77 Å². The minimum absolute atomic E-state index is 0.308. The Hall–Kier alpha value is -0.570.